The molecule has 2 rings (SSSR count). The molecule has 0 saturated heterocycles. The summed E-state index contributed by atoms with van der Waals surface area (Å²) in [7, 11) is 0. The zero-order chi connectivity index (χ0) is 13.7. The van der Waals surface area contributed by atoms with E-state index in [4.69, 9.17) is 5.73 Å². The predicted molar refractivity (Wildman–Crippen MR) is 77.8 cm³/mol. The average molecular weight is 260 g/mol. The third kappa shape index (κ3) is 4.35. The molecule has 0 aliphatic heterocycles. The summed E-state index contributed by atoms with van der Waals surface area (Å²) in [6, 6.07) is 7.53. The topological polar surface area (TPSA) is 55.1 Å². The highest BCUT2D eigenvalue weighted by Crippen LogP contribution is 2.27. The van der Waals surface area contributed by atoms with Crippen molar-refractivity contribution in [1.82, 2.24) is 5.32 Å². The summed E-state index contributed by atoms with van der Waals surface area (Å²) in [5.41, 5.74) is 7.00. The fourth-order valence-corrected chi connectivity index (χ4v) is 2.95. The van der Waals surface area contributed by atoms with Crippen LogP contribution in [-0.4, -0.2) is 12.5 Å². The molecule has 0 radical (unpaired) electrons. The van der Waals surface area contributed by atoms with E-state index in [2.05, 4.69) is 12.2 Å². The SMILES string of the molecule is CC1CCCC(CNCc2ccc(C(N)=O)cc2)C1. The summed E-state index contributed by atoms with van der Waals surface area (Å²) in [5.74, 6) is 1.35. The molecule has 104 valence electrons. The second-order valence-electron chi connectivity index (χ2n) is 5.83. The van der Waals surface area contributed by atoms with Crippen LogP contribution in [0.5, 0.6) is 0 Å². The lowest BCUT2D eigenvalue weighted by molar-refractivity contribution is 0.100. The molecule has 0 spiro atoms. The quantitative estimate of drug-likeness (QED) is 0.855. The van der Waals surface area contributed by atoms with Gasteiger partial charge in [-0.05, 0) is 48.9 Å². The minimum atomic E-state index is -0.365. The first kappa shape index (κ1) is 14.1. The molecule has 1 aromatic rings. The van der Waals surface area contributed by atoms with Crippen molar-refractivity contribution in [2.45, 2.75) is 39.2 Å². The second kappa shape index (κ2) is 6.71. The lowest BCUT2D eigenvalue weighted by Crippen LogP contribution is -2.26. The van der Waals surface area contributed by atoms with Crippen molar-refractivity contribution >= 4 is 5.91 Å². The van der Waals surface area contributed by atoms with Gasteiger partial charge in [-0.3, -0.25) is 4.79 Å². The summed E-state index contributed by atoms with van der Waals surface area (Å²) in [5, 5.41) is 3.52. The Kier molecular flexibility index (Phi) is 4.97. The van der Waals surface area contributed by atoms with Gasteiger partial charge < -0.3 is 11.1 Å². The van der Waals surface area contributed by atoms with Gasteiger partial charge in [0.2, 0.25) is 5.91 Å². The Labute approximate surface area is 115 Å². The van der Waals surface area contributed by atoms with Gasteiger partial charge in [-0.1, -0.05) is 31.9 Å². The van der Waals surface area contributed by atoms with E-state index < -0.39 is 0 Å². The maximum atomic E-state index is 11.0. The van der Waals surface area contributed by atoms with Gasteiger partial charge in [-0.25, -0.2) is 0 Å². The highest BCUT2D eigenvalue weighted by Gasteiger charge is 2.18. The average Bonchev–Trinajstić information content (AvgIpc) is 2.39. The minimum Gasteiger partial charge on any atom is -0.366 e. The third-order valence-electron chi connectivity index (χ3n) is 4.05. The van der Waals surface area contributed by atoms with Crippen molar-refractivity contribution in [2.24, 2.45) is 17.6 Å². The van der Waals surface area contributed by atoms with E-state index in [-0.39, 0.29) is 5.91 Å². The Balaban J connectivity index is 1.74. The zero-order valence-corrected chi connectivity index (χ0v) is 11.7. The summed E-state index contributed by atoms with van der Waals surface area (Å²) < 4.78 is 0. The van der Waals surface area contributed by atoms with Gasteiger partial charge in [0.05, 0.1) is 0 Å². The monoisotopic (exact) mass is 260 g/mol. The van der Waals surface area contributed by atoms with Crippen LogP contribution in [-0.2, 0) is 6.54 Å². The molecular formula is C16H24N2O. The molecule has 2 unspecified atom stereocenters. The number of amides is 1. The van der Waals surface area contributed by atoms with E-state index in [9.17, 15) is 4.79 Å². The largest absolute Gasteiger partial charge is 0.366 e. The summed E-state index contributed by atoms with van der Waals surface area (Å²) in [6.07, 6.45) is 5.48. The molecule has 1 aliphatic carbocycles. The number of nitrogens with two attached hydrogens (primary N) is 1. The molecule has 0 aromatic heterocycles. The number of hydrogen-bond acceptors (Lipinski definition) is 2. The fraction of sp³-hybridized carbons (Fsp3) is 0.562. The van der Waals surface area contributed by atoms with Crippen LogP contribution < -0.4 is 11.1 Å². The van der Waals surface area contributed by atoms with E-state index in [1.807, 2.05) is 12.1 Å². The number of carbonyl (C=O) groups is 1. The van der Waals surface area contributed by atoms with Crippen molar-refractivity contribution < 1.29 is 4.79 Å². The molecule has 1 aliphatic rings. The van der Waals surface area contributed by atoms with Crippen LogP contribution in [0.3, 0.4) is 0 Å². The van der Waals surface area contributed by atoms with E-state index in [0.717, 1.165) is 24.9 Å². The molecule has 0 heterocycles. The molecule has 2 atom stereocenters. The first-order chi connectivity index (χ1) is 9.15. The van der Waals surface area contributed by atoms with Crippen molar-refractivity contribution in [2.75, 3.05) is 6.54 Å². The zero-order valence-electron chi connectivity index (χ0n) is 11.7. The Morgan fingerprint density at radius 3 is 2.68 bits per heavy atom. The summed E-state index contributed by atoms with van der Waals surface area (Å²) >= 11 is 0. The molecule has 0 bridgehead atoms. The van der Waals surface area contributed by atoms with Crippen LogP contribution >= 0.6 is 0 Å². The molecule has 1 saturated carbocycles. The van der Waals surface area contributed by atoms with Crippen LogP contribution in [0.25, 0.3) is 0 Å². The Morgan fingerprint density at radius 1 is 1.32 bits per heavy atom. The van der Waals surface area contributed by atoms with Crippen LogP contribution in [0, 0.1) is 11.8 Å². The fourth-order valence-electron chi connectivity index (χ4n) is 2.95. The number of primary amides is 1. The molecule has 1 aromatic carbocycles. The first-order valence-corrected chi connectivity index (χ1v) is 7.24. The lowest BCUT2D eigenvalue weighted by atomic mass is 9.82. The molecular weight excluding hydrogens is 236 g/mol. The van der Waals surface area contributed by atoms with Crippen molar-refractivity contribution in [3.8, 4) is 0 Å². The number of hydrogen-bond donors (Lipinski definition) is 2. The van der Waals surface area contributed by atoms with E-state index >= 15 is 0 Å². The second-order valence-corrected chi connectivity index (χ2v) is 5.83. The molecule has 19 heavy (non-hydrogen) atoms. The lowest BCUT2D eigenvalue weighted by Gasteiger charge is -2.26. The molecule has 3 nitrogen and oxygen atoms in total. The summed E-state index contributed by atoms with van der Waals surface area (Å²) in [6.45, 7) is 4.32. The van der Waals surface area contributed by atoms with Gasteiger partial charge in [0.1, 0.15) is 0 Å². The van der Waals surface area contributed by atoms with E-state index in [0.29, 0.717) is 5.56 Å². The van der Waals surface area contributed by atoms with Crippen LogP contribution in [0.2, 0.25) is 0 Å². The van der Waals surface area contributed by atoms with Crippen LogP contribution in [0.15, 0.2) is 24.3 Å². The normalized spacial score (nSPS) is 23.2. The smallest absolute Gasteiger partial charge is 0.248 e. The number of nitrogens with one attached hydrogen (secondary N) is 1. The highest BCUT2D eigenvalue weighted by molar-refractivity contribution is 5.92. The van der Waals surface area contributed by atoms with Gasteiger partial charge in [0, 0.05) is 12.1 Å². The molecule has 3 heteroatoms. The maximum Gasteiger partial charge on any atom is 0.248 e. The Bertz CT molecular complexity index is 413. The van der Waals surface area contributed by atoms with E-state index in [1.165, 1.54) is 31.2 Å². The standard InChI is InChI=1S/C16H24N2O/c1-12-3-2-4-14(9-12)11-18-10-13-5-7-15(8-6-13)16(17)19/h5-8,12,14,18H,2-4,9-11H2,1H3,(H2,17,19). The molecule has 3 N–H and O–H groups in total. The van der Waals surface area contributed by atoms with Crippen LogP contribution in [0.1, 0.15) is 48.5 Å². The number of carbonyl (C=O) groups excluding carboxylic acids is 1. The van der Waals surface area contributed by atoms with Crippen molar-refractivity contribution in [3.63, 3.8) is 0 Å². The van der Waals surface area contributed by atoms with Gasteiger partial charge in [-0.15, -0.1) is 0 Å². The minimum absolute atomic E-state index is 0.365. The van der Waals surface area contributed by atoms with Crippen LogP contribution in [0.4, 0.5) is 0 Å². The van der Waals surface area contributed by atoms with Gasteiger partial charge >= 0.3 is 0 Å². The maximum absolute atomic E-state index is 11.0. The van der Waals surface area contributed by atoms with Gasteiger partial charge in [0.25, 0.3) is 0 Å². The Morgan fingerprint density at radius 2 is 2.05 bits per heavy atom. The number of benzene rings is 1. The van der Waals surface area contributed by atoms with Crippen molar-refractivity contribution in [3.05, 3.63) is 35.4 Å². The summed E-state index contributed by atoms with van der Waals surface area (Å²) in [4.78, 5) is 11.0. The highest BCUT2D eigenvalue weighted by atomic mass is 16.1. The molecule has 1 amide bonds. The van der Waals surface area contributed by atoms with Crippen molar-refractivity contribution in [1.29, 1.82) is 0 Å². The Hall–Kier alpha value is -1.35. The predicted octanol–water partition coefficient (Wildman–Crippen LogP) is 2.70. The van der Waals surface area contributed by atoms with Gasteiger partial charge in [-0.2, -0.15) is 0 Å². The number of rotatable bonds is 5. The van der Waals surface area contributed by atoms with Gasteiger partial charge in [0.15, 0.2) is 0 Å². The van der Waals surface area contributed by atoms with E-state index in [1.54, 1.807) is 12.1 Å². The third-order valence-corrected chi connectivity index (χ3v) is 4.05. The first-order valence-electron chi connectivity index (χ1n) is 7.24. The molecule has 1 fully saturated rings.